The van der Waals surface area contributed by atoms with Crippen molar-refractivity contribution in [2.75, 3.05) is 27.3 Å². The smallest absolute Gasteiger partial charge is 0.246 e. The summed E-state index contributed by atoms with van der Waals surface area (Å²) >= 11 is 0. The highest BCUT2D eigenvalue weighted by Gasteiger charge is 2.41. The molecule has 0 unspecified atom stereocenters. The molecule has 0 saturated carbocycles. The maximum atomic E-state index is 12.9. The Bertz CT molecular complexity index is 1040. The number of rotatable bonds is 6. The summed E-state index contributed by atoms with van der Waals surface area (Å²) in [7, 11) is -0.834. The number of aromatic nitrogens is 2. The van der Waals surface area contributed by atoms with Gasteiger partial charge in [-0.1, -0.05) is 5.16 Å². The molecule has 1 saturated heterocycles. The van der Waals surface area contributed by atoms with Crippen molar-refractivity contribution in [3.63, 3.8) is 0 Å². The first-order valence-corrected chi connectivity index (χ1v) is 9.56. The largest absolute Gasteiger partial charge is 0.497 e. The third kappa shape index (κ3) is 3.06. The van der Waals surface area contributed by atoms with E-state index in [0.717, 1.165) is 0 Å². The molecule has 3 heterocycles. The quantitative estimate of drug-likeness (QED) is 0.629. The van der Waals surface area contributed by atoms with Crippen molar-refractivity contribution in [2.45, 2.75) is 10.8 Å². The second kappa shape index (κ2) is 6.71. The fourth-order valence-electron chi connectivity index (χ4n) is 2.82. The third-order valence-corrected chi connectivity index (χ3v) is 6.22. The van der Waals surface area contributed by atoms with Crippen LogP contribution in [0.3, 0.4) is 0 Å². The molecule has 27 heavy (non-hydrogen) atoms. The van der Waals surface area contributed by atoms with Gasteiger partial charge in [0.25, 0.3) is 0 Å². The van der Waals surface area contributed by atoms with Gasteiger partial charge in [0.1, 0.15) is 16.4 Å². The minimum atomic E-state index is -3.73. The van der Waals surface area contributed by atoms with Crippen molar-refractivity contribution in [3.8, 4) is 23.1 Å². The Labute approximate surface area is 155 Å². The molecular weight excluding hydrogens is 374 g/mol. The normalized spacial score (nSPS) is 15.5. The first kappa shape index (κ1) is 17.6. The van der Waals surface area contributed by atoms with Gasteiger partial charge in [-0.25, -0.2) is 8.42 Å². The van der Waals surface area contributed by atoms with Crippen LogP contribution in [0.25, 0.3) is 11.6 Å². The molecule has 2 aromatic heterocycles. The van der Waals surface area contributed by atoms with Gasteiger partial charge in [-0.05, 0) is 24.3 Å². The third-order valence-electron chi connectivity index (χ3n) is 4.37. The van der Waals surface area contributed by atoms with Crippen molar-refractivity contribution in [3.05, 3.63) is 42.5 Å². The van der Waals surface area contributed by atoms with Gasteiger partial charge in [0.2, 0.25) is 21.7 Å². The number of ether oxygens (including phenoxy) is 2. The Kier molecular flexibility index (Phi) is 4.36. The molecule has 1 aromatic carbocycles. The van der Waals surface area contributed by atoms with Crippen LogP contribution in [0.4, 0.5) is 0 Å². The van der Waals surface area contributed by atoms with Crippen molar-refractivity contribution in [1.29, 1.82) is 0 Å². The number of nitrogens with zero attached hydrogens (tertiary/aromatic N) is 3. The number of sulfonamides is 1. The Morgan fingerprint density at radius 2 is 2.00 bits per heavy atom. The monoisotopic (exact) mass is 391 g/mol. The molecule has 10 heteroatoms. The summed E-state index contributed by atoms with van der Waals surface area (Å²) in [6, 6.07) is 8.11. The summed E-state index contributed by atoms with van der Waals surface area (Å²) < 4.78 is 48.0. The van der Waals surface area contributed by atoms with E-state index in [4.69, 9.17) is 18.4 Å². The van der Waals surface area contributed by atoms with Crippen molar-refractivity contribution in [1.82, 2.24) is 14.4 Å². The van der Waals surface area contributed by atoms with E-state index >= 15 is 0 Å². The van der Waals surface area contributed by atoms with Crippen LogP contribution in [-0.2, 0) is 10.0 Å². The highest BCUT2D eigenvalue weighted by Crippen LogP contribution is 2.36. The Morgan fingerprint density at radius 1 is 1.19 bits per heavy atom. The average molecular weight is 391 g/mol. The standard InChI is InChI=1S/C17H17N3O6S/c1-23-12-5-6-13(24-2)15(8-12)27(21,22)20-9-11(10-20)17-18-16(19-26-17)14-4-3-7-25-14/h3-8,11H,9-10H2,1-2H3. The molecule has 0 N–H and O–H groups in total. The highest BCUT2D eigenvalue weighted by atomic mass is 32.2. The van der Waals surface area contributed by atoms with E-state index in [-0.39, 0.29) is 29.7 Å². The van der Waals surface area contributed by atoms with E-state index in [1.807, 2.05) is 0 Å². The second-order valence-electron chi connectivity index (χ2n) is 5.97. The summed E-state index contributed by atoms with van der Waals surface area (Å²) in [5.74, 6) is 1.74. The van der Waals surface area contributed by atoms with E-state index in [1.54, 1.807) is 24.3 Å². The van der Waals surface area contributed by atoms with Crippen LogP contribution < -0.4 is 9.47 Å². The summed E-state index contributed by atoms with van der Waals surface area (Å²) in [6.07, 6.45) is 1.52. The maximum absolute atomic E-state index is 12.9. The lowest BCUT2D eigenvalue weighted by molar-refractivity contribution is 0.216. The van der Waals surface area contributed by atoms with Gasteiger partial charge in [-0.3, -0.25) is 0 Å². The van der Waals surface area contributed by atoms with Crippen LogP contribution in [0, 0.1) is 0 Å². The first-order chi connectivity index (χ1) is 13.0. The minimum Gasteiger partial charge on any atom is -0.497 e. The van der Waals surface area contributed by atoms with Crippen molar-refractivity contribution >= 4 is 10.0 Å². The molecule has 0 amide bonds. The minimum absolute atomic E-state index is 0.0598. The molecule has 4 rings (SSSR count). The molecule has 9 nitrogen and oxygen atoms in total. The van der Waals surface area contributed by atoms with Crippen molar-refractivity contribution in [2.24, 2.45) is 0 Å². The van der Waals surface area contributed by atoms with Gasteiger partial charge in [-0.15, -0.1) is 0 Å². The fourth-order valence-corrected chi connectivity index (χ4v) is 4.52. The highest BCUT2D eigenvalue weighted by molar-refractivity contribution is 7.89. The topological polar surface area (TPSA) is 108 Å². The summed E-state index contributed by atoms with van der Waals surface area (Å²) in [6.45, 7) is 0.477. The van der Waals surface area contributed by atoms with Crippen LogP contribution in [0.5, 0.6) is 11.5 Å². The molecule has 0 bridgehead atoms. The van der Waals surface area contributed by atoms with Gasteiger partial charge in [-0.2, -0.15) is 9.29 Å². The van der Waals surface area contributed by atoms with E-state index < -0.39 is 10.0 Å². The number of furan rings is 1. The second-order valence-corrected chi connectivity index (χ2v) is 7.88. The van der Waals surface area contributed by atoms with E-state index in [0.29, 0.717) is 23.2 Å². The zero-order valence-corrected chi connectivity index (χ0v) is 15.5. The van der Waals surface area contributed by atoms with Gasteiger partial charge in [0.05, 0.1) is 26.4 Å². The van der Waals surface area contributed by atoms with Crippen LogP contribution in [-0.4, -0.2) is 50.2 Å². The lowest BCUT2D eigenvalue weighted by Crippen LogP contribution is -2.48. The number of benzene rings is 1. The zero-order chi connectivity index (χ0) is 19.0. The zero-order valence-electron chi connectivity index (χ0n) is 14.7. The summed E-state index contributed by atoms with van der Waals surface area (Å²) in [5.41, 5.74) is 0. The first-order valence-electron chi connectivity index (χ1n) is 8.12. The van der Waals surface area contributed by atoms with E-state index in [2.05, 4.69) is 10.1 Å². The fraction of sp³-hybridized carbons (Fsp3) is 0.294. The molecule has 1 aliphatic rings. The summed E-state index contributed by atoms with van der Waals surface area (Å²) in [5, 5.41) is 3.87. The maximum Gasteiger partial charge on any atom is 0.246 e. The lowest BCUT2D eigenvalue weighted by atomic mass is 10.0. The van der Waals surface area contributed by atoms with Gasteiger partial charge in [0.15, 0.2) is 5.76 Å². The Morgan fingerprint density at radius 3 is 2.67 bits per heavy atom. The number of methoxy groups -OCH3 is 2. The molecular formula is C17H17N3O6S. The predicted octanol–water partition coefficient (Wildman–Crippen LogP) is 2.13. The van der Waals surface area contributed by atoms with E-state index in [1.165, 1.54) is 30.9 Å². The molecule has 1 fully saturated rings. The molecule has 0 radical (unpaired) electrons. The average Bonchev–Trinajstić information content (AvgIpc) is 3.31. The lowest BCUT2D eigenvalue weighted by Gasteiger charge is -2.36. The van der Waals surface area contributed by atoms with Gasteiger partial charge < -0.3 is 18.4 Å². The van der Waals surface area contributed by atoms with Crippen molar-refractivity contribution < 1.29 is 26.8 Å². The van der Waals surface area contributed by atoms with Crippen LogP contribution in [0.15, 0.2) is 50.4 Å². The predicted molar refractivity (Wildman–Crippen MR) is 93.0 cm³/mol. The molecule has 0 aliphatic carbocycles. The van der Waals surface area contributed by atoms with Gasteiger partial charge >= 0.3 is 0 Å². The molecule has 1 aliphatic heterocycles. The van der Waals surface area contributed by atoms with E-state index in [9.17, 15) is 8.42 Å². The number of hydrogen-bond donors (Lipinski definition) is 0. The number of hydrogen-bond acceptors (Lipinski definition) is 8. The summed E-state index contributed by atoms with van der Waals surface area (Å²) in [4.78, 5) is 4.35. The Balaban J connectivity index is 1.52. The van der Waals surface area contributed by atoms with Crippen LogP contribution in [0.2, 0.25) is 0 Å². The van der Waals surface area contributed by atoms with Gasteiger partial charge in [0, 0.05) is 19.2 Å². The SMILES string of the molecule is COc1ccc(OC)c(S(=O)(=O)N2CC(c3nc(-c4ccco4)no3)C2)c1. The molecule has 0 spiro atoms. The molecule has 0 atom stereocenters. The molecule has 142 valence electrons. The molecule has 3 aromatic rings. The Hall–Kier alpha value is -2.85. The van der Waals surface area contributed by atoms with Crippen LogP contribution in [0.1, 0.15) is 11.8 Å². The van der Waals surface area contributed by atoms with Crippen LogP contribution >= 0.6 is 0 Å².